The number of thioether (sulfide) groups is 1. The summed E-state index contributed by atoms with van der Waals surface area (Å²) in [5.41, 5.74) is 3.84. The van der Waals surface area contributed by atoms with Crippen LogP contribution < -0.4 is 0 Å². The first-order valence-corrected chi connectivity index (χ1v) is 12.5. The van der Waals surface area contributed by atoms with Crippen molar-refractivity contribution in [2.45, 2.75) is 13.0 Å². The lowest BCUT2D eigenvalue weighted by atomic mass is 9.91. The Morgan fingerprint density at radius 1 is 1.08 bits per heavy atom. The maximum atomic E-state index is 13.5. The molecule has 2 heterocycles. The minimum Gasteiger partial charge on any atom is -0.463 e. The van der Waals surface area contributed by atoms with Crippen molar-refractivity contribution in [3.8, 4) is 0 Å². The largest absolute Gasteiger partial charge is 0.463 e. The normalized spacial score (nSPS) is 16.8. The Bertz CT molecular complexity index is 1430. The number of carbonyl (C=O) groups excluding carboxylic acids is 1. The van der Waals surface area contributed by atoms with Gasteiger partial charge in [0.25, 0.3) is 5.69 Å². The molecule has 0 aromatic heterocycles. The van der Waals surface area contributed by atoms with Gasteiger partial charge in [0, 0.05) is 33.7 Å². The van der Waals surface area contributed by atoms with Crippen LogP contribution >= 0.6 is 23.4 Å². The lowest BCUT2D eigenvalue weighted by Crippen LogP contribution is -2.36. The Balaban J connectivity index is 1.73. The van der Waals surface area contributed by atoms with Crippen molar-refractivity contribution < 1.29 is 14.5 Å². The van der Waals surface area contributed by atoms with Crippen molar-refractivity contribution in [1.29, 1.82) is 0 Å². The van der Waals surface area contributed by atoms with Gasteiger partial charge in [-0.25, -0.2) is 9.79 Å². The first kappa shape index (κ1) is 23.8. The zero-order valence-corrected chi connectivity index (χ0v) is 20.7. The molecule has 7 nitrogen and oxygen atoms in total. The Kier molecular flexibility index (Phi) is 6.63. The highest BCUT2D eigenvalue weighted by Gasteiger charge is 2.42. The van der Waals surface area contributed by atoms with E-state index in [-0.39, 0.29) is 12.3 Å². The lowest BCUT2D eigenvalue weighted by Gasteiger charge is -2.37. The number of halogens is 1. The second-order valence-electron chi connectivity index (χ2n) is 8.00. The topological polar surface area (TPSA) is 85.0 Å². The van der Waals surface area contributed by atoms with E-state index in [4.69, 9.17) is 21.3 Å². The number of fused-ring (bicyclic) bond motifs is 1. The third-order valence-corrected chi connectivity index (χ3v) is 6.91. The second kappa shape index (κ2) is 10.0. The minimum absolute atomic E-state index is 0.0185. The number of hydrogen-bond donors (Lipinski definition) is 0. The fraction of sp³-hybridized carbons (Fsp3) is 0.111. The first-order chi connectivity index (χ1) is 17.5. The molecular formula is C27H20ClN3O4S. The zero-order chi connectivity index (χ0) is 25.2. The summed E-state index contributed by atoms with van der Waals surface area (Å²) >= 11 is 7.59. The Morgan fingerprint density at radius 3 is 2.50 bits per heavy atom. The lowest BCUT2D eigenvalue weighted by molar-refractivity contribution is -0.384. The average molecular weight is 518 g/mol. The highest BCUT2D eigenvalue weighted by molar-refractivity contribution is 8.16. The molecule has 2 aliphatic heterocycles. The summed E-state index contributed by atoms with van der Waals surface area (Å²) in [7, 11) is 0. The Labute approximate surface area is 216 Å². The molecule has 0 amide bonds. The predicted molar refractivity (Wildman–Crippen MR) is 142 cm³/mol. The monoisotopic (exact) mass is 517 g/mol. The molecule has 1 atom stereocenters. The van der Waals surface area contributed by atoms with E-state index < -0.39 is 16.9 Å². The number of esters is 1. The van der Waals surface area contributed by atoms with Crippen molar-refractivity contribution in [1.82, 2.24) is 4.90 Å². The van der Waals surface area contributed by atoms with E-state index in [1.165, 1.54) is 23.9 Å². The molecule has 3 aromatic rings. The molecule has 0 N–H and O–H groups in total. The van der Waals surface area contributed by atoms with Gasteiger partial charge in [-0.15, -0.1) is 0 Å². The van der Waals surface area contributed by atoms with E-state index in [2.05, 4.69) is 0 Å². The van der Waals surface area contributed by atoms with Crippen molar-refractivity contribution in [2.24, 2.45) is 4.99 Å². The van der Waals surface area contributed by atoms with Gasteiger partial charge in [-0.05, 0) is 24.6 Å². The van der Waals surface area contributed by atoms with Crippen LogP contribution in [0.2, 0.25) is 5.02 Å². The molecule has 2 aliphatic rings. The SMILES string of the molecule is CCOC(=O)C1=C(c2ccccc2)N=C2SC=C(c3cccc([N+](=O)[O-])c3)N2C1c1ccc(Cl)cc1. The van der Waals surface area contributed by atoms with E-state index in [1.54, 1.807) is 25.1 Å². The minimum atomic E-state index is -0.593. The summed E-state index contributed by atoms with van der Waals surface area (Å²) < 4.78 is 5.51. The molecule has 3 aromatic carbocycles. The summed E-state index contributed by atoms with van der Waals surface area (Å²) in [6.07, 6.45) is 0. The average Bonchev–Trinajstić information content (AvgIpc) is 3.33. The highest BCUT2D eigenvalue weighted by Crippen LogP contribution is 2.49. The Hall–Kier alpha value is -3.88. The molecule has 36 heavy (non-hydrogen) atoms. The van der Waals surface area contributed by atoms with Crippen LogP contribution in [0.15, 0.2) is 94.8 Å². The first-order valence-electron chi connectivity index (χ1n) is 11.2. The molecule has 180 valence electrons. The van der Waals surface area contributed by atoms with Crippen LogP contribution in [-0.4, -0.2) is 27.6 Å². The van der Waals surface area contributed by atoms with Crippen molar-refractivity contribution in [2.75, 3.05) is 6.61 Å². The molecule has 0 saturated carbocycles. The Morgan fingerprint density at radius 2 is 1.81 bits per heavy atom. The molecule has 0 spiro atoms. The number of carbonyl (C=O) groups is 1. The molecular weight excluding hydrogens is 498 g/mol. The van der Waals surface area contributed by atoms with Crippen LogP contribution in [-0.2, 0) is 9.53 Å². The smallest absolute Gasteiger partial charge is 0.338 e. The van der Waals surface area contributed by atoms with E-state index in [9.17, 15) is 14.9 Å². The fourth-order valence-electron chi connectivity index (χ4n) is 4.25. The van der Waals surface area contributed by atoms with Gasteiger partial charge < -0.3 is 9.64 Å². The van der Waals surface area contributed by atoms with Gasteiger partial charge in [-0.2, -0.15) is 0 Å². The zero-order valence-electron chi connectivity index (χ0n) is 19.1. The number of non-ortho nitro benzene ring substituents is 1. The van der Waals surface area contributed by atoms with Crippen molar-refractivity contribution >= 4 is 51.6 Å². The molecule has 0 aliphatic carbocycles. The number of rotatable bonds is 6. The second-order valence-corrected chi connectivity index (χ2v) is 9.27. The maximum absolute atomic E-state index is 13.5. The van der Waals surface area contributed by atoms with E-state index in [0.717, 1.165) is 11.1 Å². The van der Waals surface area contributed by atoms with Crippen LogP contribution in [0.3, 0.4) is 0 Å². The van der Waals surface area contributed by atoms with E-state index >= 15 is 0 Å². The maximum Gasteiger partial charge on any atom is 0.338 e. The summed E-state index contributed by atoms with van der Waals surface area (Å²) in [5.74, 6) is -0.477. The van der Waals surface area contributed by atoms with E-state index in [1.807, 2.05) is 58.8 Å². The molecule has 9 heteroatoms. The molecule has 1 unspecified atom stereocenters. The third kappa shape index (κ3) is 4.41. The quantitative estimate of drug-likeness (QED) is 0.206. The van der Waals surface area contributed by atoms with Crippen LogP contribution in [0.4, 0.5) is 5.69 Å². The van der Waals surface area contributed by atoms with Crippen LogP contribution in [0.5, 0.6) is 0 Å². The van der Waals surface area contributed by atoms with Crippen LogP contribution in [0, 0.1) is 10.1 Å². The molecule has 0 radical (unpaired) electrons. The van der Waals surface area contributed by atoms with Gasteiger partial charge in [-0.3, -0.25) is 10.1 Å². The highest BCUT2D eigenvalue weighted by atomic mass is 35.5. The third-order valence-electron chi connectivity index (χ3n) is 5.82. The van der Waals surface area contributed by atoms with Gasteiger partial charge in [0.05, 0.1) is 34.5 Å². The van der Waals surface area contributed by atoms with Crippen molar-refractivity contribution in [3.05, 3.63) is 122 Å². The number of nitro benzene ring substituents is 1. The van der Waals surface area contributed by atoms with Crippen molar-refractivity contribution in [3.63, 3.8) is 0 Å². The molecule has 5 rings (SSSR count). The van der Waals surface area contributed by atoms with Gasteiger partial charge in [0.1, 0.15) is 0 Å². The van der Waals surface area contributed by atoms with Gasteiger partial charge >= 0.3 is 5.97 Å². The van der Waals surface area contributed by atoms with Gasteiger partial charge in [0.15, 0.2) is 5.17 Å². The molecule has 0 saturated heterocycles. The summed E-state index contributed by atoms with van der Waals surface area (Å²) in [4.78, 5) is 31.3. The van der Waals surface area contributed by atoms with Crippen LogP contribution in [0.25, 0.3) is 11.4 Å². The number of amidine groups is 1. The summed E-state index contributed by atoms with van der Waals surface area (Å²) in [6, 6.07) is 22.6. The predicted octanol–water partition coefficient (Wildman–Crippen LogP) is 6.68. The van der Waals surface area contributed by atoms with Gasteiger partial charge in [0.2, 0.25) is 0 Å². The summed E-state index contributed by atoms with van der Waals surface area (Å²) in [5, 5.41) is 14.6. The number of nitrogens with zero attached hydrogens (tertiary/aromatic N) is 3. The molecule has 0 bridgehead atoms. The van der Waals surface area contributed by atoms with Crippen LogP contribution in [0.1, 0.15) is 29.7 Å². The number of nitro groups is 1. The standard InChI is InChI=1S/C27H20ClN3O4S/c1-2-35-26(32)23-24(17-7-4-3-5-8-17)29-27-30(25(23)18-11-13-20(28)14-12-18)22(16-36-27)19-9-6-10-21(15-19)31(33)34/h3-16,25H,2H2,1H3. The number of benzene rings is 3. The summed E-state index contributed by atoms with van der Waals surface area (Å²) in [6.45, 7) is 1.96. The number of aliphatic imine (C=N–C) groups is 1. The fourth-order valence-corrected chi connectivity index (χ4v) is 5.30. The molecule has 0 fully saturated rings. The number of hydrogen-bond acceptors (Lipinski definition) is 7. The van der Waals surface area contributed by atoms with E-state index in [0.29, 0.717) is 32.7 Å². The van der Waals surface area contributed by atoms with Gasteiger partial charge in [-0.1, -0.05) is 78.0 Å². The number of ether oxygens (including phenoxy) is 1.